The van der Waals surface area contributed by atoms with Crippen molar-refractivity contribution in [3.8, 4) is 0 Å². The molecule has 2 bridgehead atoms. The highest BCUT2D eigenvalue weighted by molar-refractivity contribution is 5.95. The summed E-state index contributed by atoms with van der Waals surface area (Å²) in [5, 5.41) is 9.00. The van der Waals surface area contributed by atoms with Crippen molar-refractivity contribution >= 4 is 17.5 Å². The Hall–Kier alpha value is -2.04. The summed E-state index contributed by atoms with van der Waals surface area (Å²) >= 11 is 0. The lowest BCUT2D eigenvalue weighted by atomic mass is 9.84. The van der Waals surface area contributed by atoms with Gasteiger partial charge in [0.15, 0.2) is 0 Å². The maximum absolute atomic E-state index is 12.5. The second-order valence-electron chi connectivity index (χ2n) is 7.66. The van der Waals surface area contributed by atoms with Gasteiger partial charge in [0, 0.05) is 24.3 Å². The molecule has 2 amide bonds. The summed E-state index contributed by atoms with van der Waals surface area (Å²) < 4.78 is 0. The Bertz CT molecular complexity index is 646. The molecule has 0 aliphatic heterocycles. The molecule has 5 atom stereocenters. The summed E-state index contributed by atoms with van der Waals surface area (Å²) in [4.78, 5) is 24.3. The Balaban J connectivity index is 1.55. The van der Waals surface area contributed by atoms with E-state index in [0.717, 1.165) is 17.5 Å². The molecule has 25 heavy (non-hydrogen) atoms. The fraction of sp³-hybridized carbons (Fsp3) is 0.600. The molecule has 0 spiro atoms. The van der Waals surface area contributed by atoms with Gasteiger partial charge < -0.3 is 16.0 Å². The Kier molecular flexibility index (Phi) is 5.30. The van der Waals surface area contributed by atoms with Gasteiger partial charge in [0.2, 0.25) is 5.91 Å². The molecule has 1 aromatic carbocycles. The van der Waals surface area contributed by atoms with E-state index in [0.29, 0.717) is 11.5 Å². The zero-order valence-electron chi connectivity index (χ0n) is 15.3. The number of fused-ring (bicyclic) bond motifs is 2. The molecule has 2 fully saturated rings. The fourth-order valence-corrected chi connectivity index (χ4v) is 4.57. The Labute approximate surface area is 150 Å². The van der Waals surface area contributed by atoms with Crippen LogP contribution in [-0.2, 0) is 4.79 Å². The van der Waals surface area contributed by atoms with Crippen LogP contribution in [0.4, 0.5) is 5.69 Å². The molecule has 136 valence electrons. The van der Waals surface area contributed by atoms with Crippen molar-refractivity contribution in [2.45, 2.75) is 51.6 Å². The molecule has 2 saturated carbocycles. The average Bonchev–Trinajstić information content (AvgIpc) is 3.24. The molecule has 1 aromatic rings. The summed E-state index contributed by atoms with van der Waals surface area (Å²) in [6, 6.07) is 7.09. The first-order valence-electron chi connectivity index (χ1n) is 9.37. The van der Waals surface area contributed by atoms with E-state index in [1.165, 1.54) is 25.7 Å². The number of benzene rings is 1. The molecule has 0 heterocycles. The third-order valence-electron chi connectivity index (χ3n) is 5.93. The standard InChI is InChI=1S/C20H29N3O2/c1-12(18-10-14-7-8-15(18)9-14)23-19(24)13(2)22-17-6-4-5-16(11-17)20(25)21-3/h4-6,11-15,18,22H,7-10H2,1-3H3,(H,21,25)(H,23,24)/t12-,13-,14+,15+,18+/m1/s1. The van der Waals surface area contributed by atoms with Crippen LogP contribution < -0.4 is 16.0 Å². The topological polar surface area (TPSA) is 70.2 Å². The molecule has 5 nitrogen and oxygen atoms in total. The van der Waals surface area contributed by atoms with Crippen LogP contribution in [0.25, 0.3) is 0 Å². The number of amides is 2. The number of hydrogen-bond donors (Lipinski definition) is 3. The molecule has 3 rings (SSSR count). The van der Waals surface area contributed by atoms with E-state index >= 15 is 0 Å². The normalized spacial score (nSPS) is 26.8. The maximum atomic E-state index is 12.5. The molecule has 0 radical (unpaired) electrons. The van der Waals surface area contributed by atoms with Gasteiger partial charge in [0.05, 0.1) is 0 Å². The number of nitrogens with one attached hydrogen (secondary N) is 3. The highest BCUT2D eigenvalue weighted by atomic mass is 16.2. The SMILES string of the molecule is CNC(=O)c1cccc(N[C@H](C)C(=O)N[C@H](C)[C@@H]2C[C@H]3CC[C@H]2C3)c1. The summed E-state index contributed by atoms with van der Waals surface area (Å²) in [5.74, 6) is 2.20. The summed E-state index contributed by atoms with van der Waals surface area (Å²) in [5.41, 5.74) is 1.35. The molecule has 0 unspecified atom stereocenters. The zero-order valence-corrected chi connectivity index (χ0v) is 15.3. The Morgan fingerprint density at radius 3 is 2.60 bits per heavy atom. The van der Waals surface area contributed by atoms with E-state index in [4.69, 9.17) is 0 Å². The molecule has 5 heteroatoms. The minimum atomic E-state index is -0.346. The fourth-order valence-electron chi connectivity index (χ4n) is 4.57. The van der Waals surface area contributed by atoms with Gasteiger partial charge in [-0.25, -0.2) is 0 Å². The lowest BCUT2D eigenvalue weighted by Crippen LogP contribution is -2.46. The maximum Gasteiger partial charge on any atom is 0.251 e. The van der Waals surface area contributed by atoms with Gasteiger partial charge >= 0.3 is 0 Å². The highest BCUT2D eigenvalue weighted by Gasteiger charge is 2.42. The first-order chi connectivity index (χ1) is 12.0. The molecule has 2 aliphatic rings. The molecule has 0 aromatic heterocycles. The highest BCUT2D eigenvalue weighted by Crippen LogP contribution is 2.49. The third kappa shape index (κ3) is 3.97. The summed E-state index contributed by atoms with van der Waals surface area (Å²) in [6.45, 7) is 4.00. The van der Waals surface area contributed by atoms with Crippen LogP contribution in [0, 0.1) is 17.8 Å². The van der Waals surface area contributed by atoms with Gasteiger partial charge in [-0.1, -0.05) is 12.5 Å². The molecule has 0 saturated heterocycles. The van der Waals surface area contributed by atoms with Crippen LogP contribution in [0.5, 0.6) is 0 Å². The van der Waals surface area contributed by atoms with Crippen LogP contribution in [0.2, 0.25) is 0 Å². The van der Waals surface area contributed by atoms with Crippen LogP contribution >= 0.6 is 0 Å². The van der Waals surface area contributed by atoms with Crippen molar-refractivity contribution in [3.63, 3.8) is 0 Å². The minimum absolute atomic E-state index is 0.0145. The van der Waals surface area contributed by atoms with Crippen molar-refractivity contribution in [2.75, 3.05) is 12.4 Å². The van der Waals surface area contributed by atoms with Crippen molar-refractivity contribution in [3.05, 3.63) is 29.8 Å². The van der Waals surface area contributed by atoms with E-state index in [1.54, 1.807) is 19.2 Å². The Morgan fingerprint density at radius 2 is 1.96 bits per heavy atom. The van der Waals surface area contributed by atoms with Gasteiger partial charge in [-0.05, 0) is 69.1 Å². The predicted octanol–water partition coefficient (Wildman–Crippen LogP) is 2.79. The van der Waals surface area contributed by atoms with E-state index in [2.05, 4.69) is 22.9 Å². The lowest BCUT2D eigenvalue weighted by Gasteiger charge is -2.29. The van der Waals surface area contributed by atoms with Gasteiger partial charge in [-0.2, -0.15) is 0 Å². The third-order valence-corrected chi connectivity index (χ3v) is 5.93. The molecule has 2 aliphatic carbocycles. The smallest absolute Gasteiger partial charge is 0.251 e. The predicted molar refractivity (Wildman–Crippen MR) is 99.5 cm³/mol. The second kappa shape index (κ2) is 7.46. The van der Waals surface area contributed by atoms with Crippen molar-refractivity contribution in [1.82, 2.24) is 10.6 Å². The number of rotatable bonds is 6. The molecular weight excluding hydrogens is 314 g/mol. The number of carbonyl (C=O) groups excluding carboxylic acids is 2. The van der Waals surface area contributed by atoms with Gasteiger partial charge in [-0.15, -0.1) is 0 Å². The number of hydrogen-bond acceptors (Lipinski definition) is 3. The van der Waals surface area contributed by atoms with E-state index < -0.39 is 0 Å². The van der Waals surface area contributed by atoms with Crippen LogP contribution in [-0.4, -0.2) is 30.9 Å². The van der Waals surface area contributed by atoms with Crippen molar-refractivity contribution in [1.29, 1.82) is 0 Å². The van der Waals surface area contributed by atoms with Crippen molar-refractivity contribution < 1.29 is 9.59 Å². The molecule has 3 N–H and O–H groups in total. The van der Waals surface area contributed by atoms with E-state index in [-0.39, 0.29) is 23.9 Å². The quantitative estimate of drug-likeness (QED) is 0.744. The number of carbonyl (C=O) groups is 2. The van der Waals surface area contributed by atoms with Gasteiger partial charge in [-0.3, -0.25) is 9.59 Å². The summed E-state index contributed by atoms with van der Waals surface area (Å²) in [7, 11) is 1.61. The largest absolute Gasteiger partial charge is 0.374 e. The first-order valence-corrected chi connectivity index (χ1v) is 9.37. The van der Waals surface area contributed by atoms with Crippen LogP contribution in [0.15, 0.2) is 24.3 Å². The minimum Gasteiger partial charge on any atom is -0.374 e. The zero-order chi connectivity index (χ0) is 18.0. The van der Waals surface area contributed by atoms with E-state index in [9.17, 15) is 9.59 Å². The van der Waals surface area contributed by atoms with Gasteiger partial charge in [0.25, 0.3) is 5.91 Å². The van der Waals surface area contributed by atoms with E-state index in [1.807, 2.05) is 19.1 Å². The van der Waals surface area contributed by atoms with Crippen molar-refractivity contribution in [2.24, 2.45) is 17.8 Å². The number of anilines is 1. The monoisotopic (exact) mass is 343 g/mol. The second-order valence-corrected chi connectivity index (χ2v) is 7.66. The lowest BCUT2D eigenvalue weighted by molar-refractivity contribution is -0.122. The average molecular weight is 343 g/mol. The van der Waals surface area contributed by atoms with Crippen LogP contribution in [0.3, 0.4) is 0 Å². The molecular formula is C20H29N3O2. The first kappa shape index (κ1) is 17.8. The van der Waals surface area contributed by atoms with Gasteiger partial charge in [0.1, 0.15) is 6.04 Å². The van der Waals surface area contributed by atoms with Crippen LogP contribution in [0.1, 0.15) is 49.9 Å². The Morgan fingerprint density at radius 1 is 1.16 bits per heavy atom. The summed E-state index contributed by atoms with van der Waals surface area (Å²) in [6.07, 6.45) is 5.32.